The summed E-state index contributed by atoms with van der Waals surface area (Å²) in [4.78, 5) is 16.5. The Morgan fingerprint density at radius 3 is 2.68 bits per heavy atom. The number of unbranched alkanes of at least 4 members (excludes halogenated alkanes) is 2. The average molecular weight is 300 g/mol. The van der Waals surface area contributed by atoms with E-state index in [0.29, 0.717) is 6.54 Å². The third kappa shape index (κ3) is 4.35. The Balaban J connectivity index is 2.06. The Kier molecular flexibility index (Phi) is 6.01. The number of hydrogen-bond donors (Lipinski definition) is 2. The molecule has 118 valence electrons. The largest absolute Gasteiger partial charge is 0.338 e. The number of carbonyl (C=O) groups is 1. The van der Waals surface area contributed by atoms with E-state index in [0.717, 1.165) is 30.7 Å². The van der Waals surface area contributed by atoms with Crippen molar-refractivity contribution in [2.45, 2.75) is 32.2 Å². The number of rotatable bonds is 7. The fourth-order valence-corrected chi connectivity index (χ4v) is 2.36. The number of hydrogen-bond acceptors (Lipinski definition) is 2. The first kappa shape index (κ1) is 16.1. The molecule has 5 heteroatoms. The number of benzene rings is 1. The van der Waals surface area contributed by atoms with Gasteiger partial charge in [0.2, 0.25) is 0 Å². The van der Waals surface area contributed by atoms with Crippen LogP contribution in [0.15, 0.2) is 42.7 Å². The van der Waals surface area contributed by atoms with Gasteiger partial charge in [-0.05, 0) is 12.0 Å². The van der Waals surface area contributed by atoms with Gasteiger partial charge in [-0.3, -0.25) is 0 Å². The number of nitrogens with zero attached hydrogens (tertiary/aromatic N) is 2. The molecule has 22 heavy (non-hydrogen) atoms. The second kappa shape index (κ2) is 8.22. The van der Waals surface area contributed by atoms with E-state index in [1.54, 1.807) is 6.20 Å². The minimum absolute atomic E-state index is 0.159. The van der Waals surface area contributed by atoms with Crippen molar-refractivity contribution >= 4 is 6.03 Å². The van der Waals surface area contributed by atoms with Crippen LogP contribution in [-0.2, 0) is 7.05 Å². The fourth-order valence-electron chi connectivity index (χ4n) is 2.36. The topological polar surface area (TPSA) is 59.0 Å². The van der Waals surface area contributed by atoms with Crippen molar-refractivity contribution < 1.29 is 4.79 Å². The van der Waals surface area contributed by atoms with Crippen LogP contribution in [0.2, 0.25) is 0 Å². The van der Waals surface area contributed by atoms with E-state index in [9.17, 15) is 4.79 Å². The lowest BCUT2D eigenvalue weighted by Crippen LogP contribution is -2.39. The van der Waals surface area contributed by atoms with Crippen LogP contribution in [-0.4, -0.2) is 22.1 Å². The highest BCUT2D eigenvalue weighted by Crippen LogP contribution is 2.19. The lowest BCUT2D eigenvalue weighted by atomic mass is 10.1. The molecule has 0 saturated heterocycles. The van der Waals surface area contributed by atoms with Gasteiger partial charge in [-0.2, -0.15) is 0 Å². The molecule has 1 atom stereocenters. The molecule has 0 unspecified atom stereocenters. The van der Waals surface area contributed by atoms with E-state index in [2.05, 4.69) is 22.5 Å². The quantitative estimate of drug-likeness (QED) is 0.772. The standard InChI is InChI=1S/C17H24N4O/c1-3-4-8-11-19-17(22)20-15(14-9-6-5-7-10-14)16-18-12-13-21(16)2/h5-7,9-10,12-13,15H,3-4,8,11H2,1-2H3,(H2,19,20,22)/t15-/m1/s1. The molecule has 0 bridgehead atoms. The molecule has 0 fully saturated rings. The summed E-state index contributed by atoms with van der Waals surface area (Å²) in [6.45, 7) is 2.84. The predicted octanol–water partition coefficient (Wildman–Crippen LogP) is 3.00. The smallest absolute Gasteiger partial charge is 0.315 e. The molecule has 2 aromatic rings. The molecule has 0 radical (unpaired) electrons. The molecule has 0 spiro atoms. The summed E-state index contributed by atoms with van der Waals surface area (Å²) in [6.07, 6.45) is 6.89. The Hall–Kier alpha value is -2.30. The lowest BCUT2D eigenvalue weighted by molar-refractivity contribution is 0.238. The normalized spacial score (nSPS) is 11.9. The SMILES string of the molecule is CCCCCNC(=O)N[C@H](c1ccccc1)c1nccn1C. The zero-order valence-corrected chi connectivity index (χ0v) is 13.2. The summed E-state index contributed by atoms with van der Waals surface area (Å²) < 4.78 is 1.93. The molecule has 0 aliphatic carbocycles. The summed E-state index contributed by atoms with van der Waals surface area (Å²) >= 11 is 0. The second-order valence-corrected chi connectivity index (χ2v) is 5.35. The van der Waals surface area contributed by atoms with Crippen molar-refractivity contribution in [2.24, 2.45) is 7.05 Å². The predicted molar refractivity (Wildman–Crippen MR) is 87.6 cm³/mol. The van der Waals surface area contributed by atoms with E-state index in [1.165, 1.54) is 0 Å². The van der Waals surface area contributed by atoms with Gasteiger partial charge in [0.1, 0.15) is 11.9 Å². The summed E-state index contributed by atoms with van der Waals surface area (Å²) in [5.74, 6) is 0.815. The molecule has 0 aliphatic heterocycles. The molecule has 2 amide bonds. The lowest BCUT2D eigenvalue weighted by Gasteiger charge is -2.19. The molecule has 0 saturated carbocycles. The van der Waals surface area contributed by atoms with Crippen LogP contribution in [0.1, 0.15) is 43.6 Å². The van der Waals surface area contributed by atoms with Crippen LogP contribution >= 0.6 is 0 Å². The van der Waals surface area contributed by atoms with Crippen molar-refractivity contribution in [1.82, 2.24) is 20.2 Å². The number of aryl methyl sites for hydroxylation is 1. The zero-order chi connectivity index (χ0) is 15.8. The molecule has 2 rings (SSSR count). The number of carbonyl (C=O) groups excluding carboxylic acids is 1. The Morgan fingerprint density at radius 2 is 2.05 bits per heavy atom. The molecular formula is C17H24N4O. The summed E-state index contributed by atoms with van der Waals surface area (Å²) in [5, 5.41) is 5.93. The van der Waals surface area contributed by atoms with Crippen molar-refractivity contribution in [2.75, 3.05) is 6.54 Å². The van der Waals surface area contributed by atoms with E-state index in [1.807, 2.05) is 48.1 Å². The minimum Gasteiger partial charge on any atom is -0.338 e. The highest BCUT2D eigenvalue weighted by molar-refractivity contribution is 5.74. The first-order valence-electron chi connectivity index (χ1n) is 7.79. The van der Waals surface area contributed by atoms with Gasteiger partial charge in [0, 0.05) is 26.0 Å². The highest BCUT2D eigenvalue weighted by Gasteiger charge is 2.20. The number of aromatic nitrogens is 2. The Morgan fingerprint density at radius 1 is 1.27 bits per heavy atom. The van der Waals surface area contributed by atoms with Crippen LogP contribution < -0.4 is 10.6 Å². The van der Waals surface area contributed by atoms with Gasteiger partial charge >= 0.3 is 6.03 Å². The molecule has 5 nitrogen and oxygen atoms in total. The Labute approximate surface area is 131 Å². The van der Waals surface area contributed by atoms with Crippen molar-refractivity contribution in [3.8, 4) is 0 Å². The first-order chi connectivity index (χ1) is 10.7. The highest BCUT2D eigenvalue weighted by atomic mass is 16.2. The van der Waals surface area contributed by atoms with Crippen LogP contribution in [0.4, 0.5) is 4.79 Å². The van der Waals surface area contributed by atoms with E-state index < -0.39 is 0 Å². The molecule has 1 aromatic carbocycles. The number of urea groups is 1. The molecule has 2 N–H and O–H groups in total. The maximum absolute atomic E-state index is 12.1. The van der Waals surface area contributed by atoms with E-state index in [-0.39, 0.29) is 12.1 Å². The van der Waals surface area contributed by atoms with Crippen molar-refractivity contribution in [3.05, 3.63) is 54.1 Å². The molecule has 0 aliphatic rings. The maximum atomic E-state index is 12.1. The summed E-state index contributed by atoms with van der Waals surface area (Å²) in [5.41, 5.74) is 1.01. The first-order valence-corrected chi connectivity index (χ1v) is 7.79. The van der Waals surface area contributed by atoms with E-state index >= 15 is 0 Å². The van der Waals surface area contributed by atoms with Gasteiger partial charge in [0.15, 0.2) is 0 Å². The van der Waals surface area contributed by atoms with Gasteiger partial charge < -0.3 is 15.2 Å². The van der Waals surface area contributed by atoms with Gasteiger partial charge in [-0.25, -0.2) is 9.78 Å². The Bertz CT molecular complexity index is 579. The van der Waals surface area contributed by atoms with Crippen molar-refractivity contribution in [1.29, 1.82) is 0 Å². The monoisotopic (exact) mass is 300 g/mol. The van der Waals surface area contributed by atoms with Gasteiger partial charge in [0.05, 0.1) is 0 Å². The summed E-state index contributed by atoms with van der Waals surface area (Å²) in [6, 6.07) is 9.47. The fraction of sp³-hybridized carbons (Fsp3) is 0.412. The number of imidazole rings is 1. The third-order valence-electron chi connectivity index (χ3n) is 3.59. The molecule has 1 aromatic heterocycles. The van der Waals surface area contributed by atoms with Gasteiger partial charge in [-0.15, -0.1) is 0 Å². The second-order valence-electron chi connectivity index (χ2n) is 5.35. The average Bonchev–Trinajstić information content (AvgIpc) is 2.96. The molecule has 1 heterocycles. The molecular weight excluding hydrogens is 276 g/mol. The number of amides is 2. The number of nitrogens with one attached hydrogen (secondary N) is 2. The maximum Gasteiger partial charge on any atom is 0.315 e. The summed E-state index contributed by atoms with van der Waals surface area (Å²) in [7, 11) is 1.93. The van der Waals surface area contributed by atoms with Crippen LogP contribution in [0.5, 0.6) is 0 Å². The van der Waals surface area contributed by atoms with Crippen LogP contribution in [0.25, 0.3) is 0 Å². The third-order valence-corrected chi connectivity index (χ3v) is 3.59. The van der Waals surface area contributed by atoms with Crippen LogP contribution in [0, 0.1) is 0 Å². The zero-order valence-electron chi connectivity index (χ0n) is 13.2. The van der Waals surface area contributed by atoms with Crippen molar-refractivity contribution in [3.63, 3.8) is 0 Å². The van der Waals surface area contributed by atoms with Crippen LogP contribution in [0.3, 0.4) is 0 Å². The van der Waals surface area contributed by atoms with Gasteiger partial charge in [0.25, 0.3) is 0 Å². The van der Waals surface area contributed by atoms with E-state index in [4.69, 9.17) is 0 Å². The van der Waals surface area contributed by atoms with Gasteiger partial charge in [-0.1, -0.05) is 50.1 Å². The minimum atomic E-state index is -0.257.